The fraction of sp³-hybridized carbons (Fsp3) is 0.643. The first-order chi connectivity index (χ1) is 18.3. The van der Waals surface area contributed by atoms with E-state index in [2.05, 4.69) is 27.8 Å². The summed E-state index contributed by atoms with van der Waals surface area (Å²) in [7, 11) is 0. The van der Waals surface area contributed by atoms with Crippen LogP contribution in [0.4, 0.5) is 0 Å². The summed E-state index contributed by atoms with van der Waals surface area (Å²) < 4.78 is 6.07. The summed E-state index contributed by atoms with van der Waals surface area (Å²) in [4.78, 5) is 57.4. The van der Waals surface area contributed by atoms with E-state index in [-0.39, 0.29) is 42.5 Å². The number of carbonyl (C=O) groups excluding carboxylic acids is 4. The smallest absolute Gasteiger partial charge is 0.255 e. The molecule has 4 atom stereocenters. The molecule has 38 heavy (non-hydrogen) atoms. The normalized spacial score (nSPS) is 27.2. The van der Waals surface area contributed by atoms with Crippen molar-refractivity contribution >= 4 is 23.6 Å². The maximum absolute atomic E-state index is 13.5. The van der Waals surface area contributed by atoms with Gasteiger partial charge in [-0.25, -0.2) is 0 Å². The molecule has 208 valence electrons. The molecular weight excluding hydrogens is 486 g/mol. The van der Waals surface area contributed by atoms with E-state index in [1.54, 1.807) is 29.2 Å². The van der Waals surface area contributed by atoms with Crippen molar-refractivity contribution in [3.63, 3.8) is 0 Å². The van der Waals surface area contributed by atoms with Crippen molar-refractivity contribution in [2.75, 3.05) is 32.8 Å². The average Bonchev–Trinajstić information content (AvgIpc) is 3.57. The minimum absolute atomic E-state index is 0.142. The molecule has 0 saturated carbocycles. The molecule has 0 radical (unpaired) electrons. The van der Waals surface area contributed by atoms with Gasteiger partial charge in [0.2, 0.25) is 17.7 Å². The highest BCUT2D eigenvalue weighted by molar-refractivity contribution is 6.01. The molecule has 0 spiro atoms. The Morgan fingerprint density at radius 1 is 1.11 bits per heavy atom. The number of hydrogen-bond acceptors (Lipinski definition) is 6. The maximum atomic E-state index is 13.5. The van der Waals surface area contributed by atoms with E-state index in [4.69, 9.17) is 4.74 Å². The van der Waals surface area contributed by atoms with Crippen LogP contribution in [0.1, 0.15) is 63.2 Å². The lowest BCUT2D eigenvalue weighted by molar-refractivity contribution is -0.139. The van der Waals surface area contributed by atoms with Gasteiger partial charge in [0.15, 0.2) is 0 Å². The molecule has 10 nitrogen and oxygen atoms in total. The highest BCUT2D eigenvalue weighted by Gasteiger charge is 2.37. The summed E-state index contributed by atoms with van der Waals surface area (Å²) >= 11 is 0. The molecule has 1 aromatic rings. The van der Waals surface area contributed by atoms with E-state index in [9.17, 15) is 19.2 Å². The molecule has 3 aliphatic heterocycles. The van der Waals surface area contributed by atoms with Crippen LogP contribution in [0.15, 0.2) is 24.3 Å². The van der Waals surface area contributed by atoms with Crippen LogP contribution in [-0.4, -0.2) is 90.4 Å². The first kappa shape index (κ1) is 27.9. The lowest BCUT2D eigenvalue weighted by Crippen LogP contribution is -2.56. The lowest BCUT2D eigenvalue weighted by atomic mass is 10.0. The molecule has 0 unspecified atom stereocenters. The van der Waals surface area contributed by atoms with Gasteiger partial charge in [0.05, 0.1) is 18.0 Å². The summed E-state index contributed by atoms with van der Waals surface area (Å²) in [6.07, 6.45) is 3.43. The summed E-state index contributed by atoms with van der Waals surface area (Å²) in [5, 5.41) is 8.56. The zero-order valence-electron chi connectivity index (χ0n) is 22.7. The highest BCUT2D eigenvalue weighted by Crippen LogP contribution is 2.24. The van der Waals surface area contributed by atoms with E-state index in [1.807, 2.05) is 13.8 Å². The molecule has 0 bridgehead atoms. The number of ether oxygens (including phenoxy) is 1. The highest BCUT2D eigenvalue weighted by atomic mass is 16.5. The van der Waals surface area contributed by atoms with Gasteiger partial charge < -0.3 is 25.6 Å². The van der Waals surface area contributed by atoms with Gasteiger partial charge in [0.25, 0.3) is 5.91 Å². The Kier molecular flexibility index (Phi) is 9.25. The molecule has 1 aromatic carbocycles. The molecule has 0 aromatic heterocycles. The molecule has 4 amide bonds. The predicted molar refractivity (Wildman–Crippen MR) is 143 cm³/mol. The Labute approximate surface area is 224 Å². The summed E-state index contributed by atoms with van der Waals surface area (Å²) in [6, 6.07) is 5.11. The monoisotopic (exact) mass is 527 g/mol. The van der Waals surface area contributed by atoms with Crippen molar-refractivity contribution in [1.29, 1.82) is 0 Å². The van der Waals surface area contributed by atoms with E-state index >= 15 is 0 Å². The van der Waals surface area contributed by atoms with Gasteiger partial charge >= 0.3 is 0 Å². The Morgan fingerprint density at radius 2 is 1.87 bits per heavy atom. The Hall–Kier alpha value is -3.14. The minimum atomic E-state index is -1.10. The zero-order valence-corrected chi connectivity index (χ0v) is 22.7. The van der Waals surface area contributed by atoms with Gasteiger partial charge in [-0.3, -0.25) is 24.1 Å². The van der Waals surface area contributed by atoms with Crippen LogP contribution in [0.3, 0.4) is 0 Å². The van der Waals surface area contributed by atoms with Crippen LogP contribution in [0.25, 0.3) is 0 Å². The fourth-order valence-electron chi connectivity index (χ4n) is 5.70. The molecule has 3 aliphatic rings. The number of likely N-dealkylation sites (tertiary alicyclic amines) is 1. The number of benzene rings is 1. The number of rotatable bonds is 5. The SMILES string of the molecule is CCN1CCC[C@H]1CNC(=O)[C@@H]1CC(=O)N[C@@H](C(C)C)C(=O)N2CCC[C@@H]2COc2ccccc2C(=O)N1. The van der Waals surface area contributed by atoms with Gasteiger partial charge in [-0.1, -0.05) is 32.9 Å². The number of amides is 4. The first-order valence-electron chi connectivity index (χ1n) is 13.9. The van der Waals surface area contributed by atoms with Crippen LogP contribution >= 0.6 is 0 Å². The molecule has 10 heteroatoms. The van der Waals surface area contributed by atoms with Crippen molar-refractivity contribution in [3.05, 3.63) is 29.8 Å². The Morgan fingerprint density at radius 3 is 2.63 bits per heavy atom. The van der Waals surface area contributed by atoms with Crippen LogP contribution in [0.2, 0.25) is 0 Å². The number of nitrogens with one attached hydrogen (secondary N) is 3. The second kappa shape index (κ2) is 12.6. The average molecular weight is 528 g/mol. The van der Waals surface area contributed by atoms with Gasteiger partial charge in [-0.2, -0.15) is 0 Å². The predicted octanol–water partition coefficient (Wildman–Crippen LogP) is 1.30. The Balaban J connectivity index is 1.58. The lowest BCUT2D eigenvalue weighted by Gasteiger charge is -2.32. The third-order valence-electron chi connectivity index (χ3n) is 7.90. The minimum Gasteiger partial charge on any atom is -0.491 e. The third-order valence-corrected chi connectivity index (χ3v) is 7.90. The van der Waals surface area contributed by atoms with Gasteiger partial charge in [-0.15, -0.1) is 0 Å². The summed E-state index contributed by atoms with van der Waals surface area (Å²) in [5.41, 5.74) is 0.284. The molecule has 3 heterocycles. The number of carbonyl (C=O) groups is 4. The van der Waals surface area contributed by atoms with Crippen molar-refractivity contribution in [2.24, 2.45) is 5.92 Å². The van der Waals surface area contributed by atoms with E-state index in [0.29, 0.717) is 18.8 Å². The maximum Gasteiger partial charge on any atom is 0.255 e. The third kappa shape index (κ3) is 6.46. The molecule has 0 aliphatic carbocycles. The molecule has 4 rings (SSSR count). The molecular formula is C28H41N5O5. The number of para-hydroxylation sites is 1. The van der Waals surface area contributed by atoms with Crippen LogP contribution in [0, 0.1) is 5.92 Å². The van der Waals surface area contributed by atoms with Gasteiger partial charge in [0, 0.05) is 19.1 Å². The standard InChI is InChI=1S/C28H41N5O5/c1-4-32-13-7-9-19(32)16-29-27(36)22-15-24(34)31-25(18(2)3)28(37)33-14-8-10-20(33)17-38-23-12-6-5-11-21(23)26(35)30-22/h5-6,11-12,18-20,22,25H,4,7-10,13-17H2,1-3H3,(H,29,36)(H,30,35)(H,31,34)/t19-,20+,22-,25-/m0/s1. The summed E-state index contributed by atoms with van der Waals surface area (Å²) in [5.74, 6) is -1.27. The second-order valence-corrected chi connectivity index (χ2v) is 10.8. The van der Waals surface area contributed by atoms with Gasteiger partial charge in [-0.05, 0) is 56.8 Å². The van der Waals surface area contributed by atoms with E-state index in [1.165, 1.54) is 0 Å². The topological polar surface area (TPSA) is 120 Å². The quantitative estimate of drug-likeness (QED) is 0.531. The molecule has 3 N–H and O–H groups in total. The molecule has 2 fully saturated rings. The van der Waals surface area contributed by atoms with Gasteiger partial charge in [0.1, 0.15) is 24.4 Å². The number of nitrogens with zero attached hydrogens (tertiary/aromatic N) is 2. The number of hydrogen-bond donors (Lipinski definition) is 3. The van der Waals surface area contributed by atoms with Crippen molar-refractivity contribution in [1.82, 2.24) is 25.8 Å². The Bertz CT molecular complexity index is 1030. The van der Waals surface area contributed by atoms with Crippen LogP contribution < -0.4 is 20.7 Å². The van der Waals surface area contributed by atoms with E-state index < -0.39 is 29.8 Å². The first-order valence-corrected chi connectivity index (χ1v) is 13.9. The number of likely N-dealkylation sites (N-methyl/N-ethyl adjacent to an activating group) is 1. The van der Waals surface area contributed by atoms with Crippen LogP contribution in [0.5, 0.6) is 5.75 Å². The van der Waals surface area contributed by atoms with Crippen LogP contribution in [-0.2, 0) is 14.4 Å². The number of fused-ring (bicyclic) bond motifs is 2. The fourth-order valence-corrected chi connectivity index (χ4v) is 5.70. The largest absolute Gasteiger partial charge is 0.491 e. The van der Waals surface area contributed by atoms with Crippen molar-refractivity contribution < 1.29 is 23.9 Å². The second-order valence-electron chi connectivity index (χ2n) is 10.8. The summed E-state index contributed by atoms with van der Waals surface area (Å²) in [6.45, 7) is 9.06. The zero-order chi connectivity index (χ0) is 27.2. The van der Waals surface area contributed by atoms with E-state index in [0.717, 1.165) is 38.8 Å². The molecule has 2 saturated heterocycles. The van der Waals surface area contributed by atoms with Crippen molar-refractivity contribution in [2.45, 2.75) is 77.0 Å². The van der Waals surface area contributed by atoms with Crippen molar-refractivity contribution in [3.8, 4) is 5.75 Å².